The number of carbonyl (C=O) groups is 1. The number of anilines is 2. The van der Waals surface area contributed by atoms with Gasteiger partial charge in [-0.2, -0.15) is 0 Å². The van der Waals surface area contributed by atoms with Crippen LogP contribution in [-0.4, -0.2) is 17.7 Å². The summed E-state index contributed by atoms with van der Waals surface area (Å²) in [5, 5.41) is 3.28. The molecule has 1 aromatic heterocycles. The van der Waals surface area contributed by atoms with Crippen molar-refractivity contribution in [3.05, 3.63) is 17.4 Å². The molecule has 1 aliphatic heterocycles. The van der Waals surface area contributed by atoms with Gasteiger partial charge in [0.25, 0.3) is 0 Å². The SMILES string of the molecule is NC(=O)N1CNc2c1ccnc2Cl. The number of urea groups is 1. The van der Waals surface area contributed by atoms with Crippen LogP contribution in [0.3, 0.4) is 0 Å². The maximum atomic E-state index is 10.9. The molecule has 0 radical (unpaired) electrons. The molecule has 0 saturated carbocycles. The van der Waals surface area contributed by atoms with Crippen molar-refractivity contribution in [2.24, 2.45) is 5.73 Å². The number of primary amides is 1. The molecular weight excluding hydrogens is 192 g/mol. The van der Waals surface area contributed by atoms with Gasteiger partial charge in [0.15, 0.2) is 5.15 Å². The Balaban J connectivity index is 2.49. The minimum atomic E-state index is -0.506. The minimum Gasteiger partial charge on any atom is -0.363 e. The maximum Gasteiger partial charge on any atom is 0.320 e. The molecule has 0 fully saturated rings. The van der Waals surface area contributed by atoms with Gasteiger partial charge >= 0.3 is 6.03 Å². The number of fused-ring (bicyclic) bond motifs is 1. The largest absolute Gasteiger partial charge is 0.363 e. The van der Waals surface area contributed by atoms with Crippen molar-refractivity contribution in [1.82, 2.24) is 4.98 Å². The Kier molecular flexibility index (Phi) is 1.73. The highest BCUT2D eigenvalue weighted by Crippen LogP contribution is 2.35. The van der Waals surface area contributed by atoms with E-state index in [1.165, 1.54) is 11.1 Å². The van der Waals surface area contributed by atoms with Crippen LogP contribution in [0.1, 0.15) is 0 Å². The standard InChI is InChI=1S/C7H7ClN4O/c8-6-5-4(1-2-10-6)12(3-11-5)7(9)13/h1-2,11H,3H2,(H2,9,13). The van der Waals surface area contributed by atoms with Crippen molar-refractivity contribution in [3.8, 4) is 0 Å². The highest BCUT2D eigenvalue weighted by atomic mass is 35.5. The van der Waals surface area contributed by atoms with Crippen molar-refractivity contribution < 1.29 is 4.79 Å². The quantitative estimate of drug-likeness (QED) is 0.611. The predicted octanol–water partition coefficient (Wildman–Crippen LogP) is 1.00. The van der Waals surface area contributed by atoms with E-state index >= 15 is 0 Å². The molecule has 6 heteroatoms. The molecular formula is C7H7ClN4O. The molecule has 5 nitrogen and oxygen atoms in total. The molecule has 2 heterocycles. The van der Waals surface area contributed by atoms with Crippen molar-refractivity contribution >= 4 is 29.0 Å². The summed E-state index contributed by atoms with van der Waals surface area (Å²) in [7, 11) is 0. The summed E-state index contributed by atoms with van der Waals surface area (Å²) in [6.07, 6.45) is 1.53. The average Bonchev–Trinajstić information content (AvgIpc) is 2.48. The Bertz CT molecular complexity index is 368. The first-order chi connectivity index (χ1) is 6.20. The molecule has 2 amide bonds. The summed E-state index contributed by atoms with van der Waals surface area (Å²) in [5.74, 6) is 0. The van der Waals surface area contributed by atoms with E-state index < -0.39 is 6.03 Å². The normalized spacial score (nSPS) is 13.8. The molecule has 3 N–H and O–H groups in total. The lowest BCUT2D eigenvalue weighted by molar-refractivity contribution is 0.254. The summed E-state index contributed by atoms with van der Waals surface area (Å²) >= 11 is 5.79. The van der Waals surface area contributed by atoms with Crippen molar-refractivity contribution in [1.29, 1.82) is 0 Å². The number of rotatable bonds is 0. The zero-order valence-electron chi connectivity index (χ0n) is 6.62. The number of hydrogen-bond donors (Lipinski definition) is 2. The Morgan fingerprint density at radius 3 is 3.23 bits per heavy atom. The minimum absolute atomic E-state index is 0.343. The van der Waals surface area contributed by atoms with Crippen molar-refractivity contribution in [2.45, 2.75) is 0 Å². The summed E-state index contributed by atoms with van der Waals surface area (Å²) in [5.41, 5.74) is 6.48. The van der Waals surface area contributed by atoms with Crippen LogP contribution in [0.5, 0.6) is 0 Å². The lowest BCUT2D eigenvalue weighted by atomic mass is 10.3. The molecule has 0 aromatic carbocycles. The van der Waals surface area contributed by atoms with E-state index in [4.69, 9.17) is 17.3 Å². The zero-order chi connectivity index (χ0) is 9.42. The molecule has 0 atom stereocenters. The van der Waals surface area contributed by atoms with Crippen LogP contribution in [-0.2, 0) is 0 Å². The summed E-state index contributed by atoms with van der Waals surface area (Å²) < 4.78 is 0. The van der Waals surface area contributed by atoms with Crippen LogP contribution in [0.15, 0.2) is 12.3 Å². The topological polar surface area (TPSA) is 71.2 Å². The third-order valence-corrected chi connectivity index (χ3v) is 2.14. The molecule has 1 aliphatic rings. The molecule has 68 valence electrons. The van der Waals surface area contributed by atoms with Crippen molar-refractivity contribution in [2.75, 3.05) is 16.9 Å². The van der Waals surface area contributed by atoms with Gasteiger partial charge in [0.2, 0.25) is 0 Å². The van der Waals surface area contributed by atoms with E-state index in [9.17, 15) is 4.79 Å². The van der Waals surface area contributed by atoms with Crippen LogP contribution < -0.4 is 16.0 Å². The van der Waals surface area contributed by atoms with Gasteiger partial charge in [-0.3, -0.25) is 4.90 Å². The average molecular weight is 199 g/mol. The van der Waals surface area contributed by atoms with E-state index in [2.05, 4.69) is 10.3 Å². The number of nitrogens with two attached hydrogens (primary N) is 1. The Morgan fingerprint density at radius 2 is 2.54 bits per heavy atom. The van der Waals surface area contributed by atoms with Gasteiger partial charge in [0, 0.05) is 6.20 Å². The molecule has 13 heavy (non-hydrogen) atoms. The third kappa shape index (κ3) is 1.17. The van der Waals surface area contributed by atoms with Gasteiger partial charge in [-0.1, -0.05) is 11.6 Å². The first kappa shape index (κ1) is 8.12. The number of halogens is 1. The Hall–Kier alpha value is -1.49. The van der Waals surface area contributed by atoms with E-state index in [0.29, 0.717) is 23.2 Å². The number of aromatic nitrogens is 1. The highest BCUT2D eigenvalue weighted by molar-refractivity contribution is 6.33. The Morgan fingerprint density at radius 1 is 1.77 bits per heavy atom. The second-order valence-electron chi connectivity index (χ2n) is 2.60. The number of pyridine rings is 1. The summed E-state index contributed by atoms with van der Waals surface area (Å²) in [6.45, 7) is 0.343. The van der Waals surface area contributed by atoms with Crippen LogP contribution >= 0.6 is 11.6 Å². The number of amides is 2. The fourth-order valence-electron chi connectivity index (χ4n) is 1.26. The van der Waals surface area contributed by atoms with Gasteiger partial charge in [-0.25, -0.2) is 9.78 Å². The van der Waals surface area contributed by atoms with Gasteiger partial charge in [0.1, 0.15) is 0 Å². The third-order valence-electron chi connectivity index (χ3n) is 1.85. The van der Waals surface area contributed by atoms with E-state index in [1.807, 2.05) is 0 Å². The maximum absolute atomic E-state index is 10.9. The van der Waals surface area contributed by atoms with Crippen LogP contribution in [0.4, 0.5) is 16.2 Å². The summed E-state index contributed by atoms with van der Waals surface area (Å²) in [6, 6.07) is 1.18. The number of nitrogens with zero attached hydrogens (tertiary/aromatic N) is 2. The van der Waals surface area contributed by atoms with Crippen LogP contribution in [0.25, 0.3) is 0 Å². The predicted molar refractivity (Wildman–Crippen MR) is 49.8 cm³/mol. The van der Waals surface area contributed by atoms with Gasteiger partial charge < -0.3 is 11.1 Å². The first-order valence-electron chi connectivity index (χ1n) is 3.65. The second kappa shape index (κ2) is 2.77. The van der Waals surface area contributed by atoms with Crippen LogP contribution in [0.2, 0.25) is 5.15 Å². The molecule has 2 rings (SSSR count). The van der Waals surface area contributed by atoms with E-state index in [-0.39, 0.29) is 0 Å². The molecule has 0 spiro atoms. The number of nitrogens with one attached hydrogen (secondary N) is 1. The second-order valence-corrected chi connectivity index (χ2v) is 2.96. The van der Waals surface area contributed by atoms with E-state index in [0.717, 1.165) is 0 Å². The number of hydrogen-bond acceptors (Lipinski definition) is 3. The van der Waals surface area contributed by atoms with Crippen LogP contribution in [0, 0.1) is 0 Å². The molecule has 0 saturated heterocycles. The van der Waals surface area contributed by atoms with Gasteiger partial charge in [0.05, 0.1) is 18.0 Å². The molecule has 0 bridgehead atoms. The molecule has 0 aliphatic carbocycles. The molecule has 1 aromatic rings. The van der Waals surface area contributed by atoms with Gasteiger partial charge in [-0.15, -0.1) is 0 Å². The Labute approximate surface area is 79.5 Å². The van der Waals surface area contributed by atoms with Crippen molar-refractivity contribution in [3.63, 3.8) is 0 Å². The molecule has 0 unspecified atom stereocenters. The lowest BCUT2D eigenvalue weighted by Gasteiger charge is -2.11. The monoisotopic (exact) mass is 198 g/mol. The zero-order valence-corrected chi connectivity index (χ0v) is 7.38. The smallest absolute Gasteiger partial charge is 0.320 e. The summed E-state index contributed by atoms with van der Waals surface area (Å²) in [4.78, 5) is 16.2. The number of carbonyl (C=O) groups excluding carboxylic acids is 1. The first-order valence-corrected chi connectivity index (χ1v) is 4.03. The highest BCUT2D eigenvalue weighted by Gasteiger charge is 2.24. The van der Waals surface area contributed by atoms with E-state index in [1.54, 1.807) is 6.07 Å². The fraction of sp³-hybridized carbons (Fsp3) is 0.143. The lowest BCUT2D eigenvalue weighted by Crippen LogP contribution is -2.35. The fourth-order valence-corrected chi connectivity index (χ4v) is 1.48. The van der Waals surface area contributed by atoms with Gasteiger partial charge in [-0.05, 0) is 6.07 Å².